The third kappa shape index (κ3) is 4.47. The van der Waals surface area contributed by atoms with Crippen LogP contribution in [0, 0.1) is 37.5 Å². The number of imide groups is 1. The number of carbonyl (C=O) groups excluding carboxylic acids is 4. The molecule has 7 heteroatoms. The van der Waals surface area contributed by atoms with Crippen LogP contribution in [0.2, 0.25) is 0 Å². The molecule has 2 bridgehead atoms. The van der Waals surface area contributed by atoms with E-state index in [1.807, 2.05) is 44.2 Å². The maximum absolute atomic E-state index is 13.5. The van der Waals surface area contributed by atoms with E-state index in [-0.39, 0.29) is 41.3 Å². The largest absolute Gasteiger partial charge is 0.451 e. The fraction of sp³-hybridized carbons (Fsp3) is 0.250. The number of benzene rings is 3. The van der Waals surface area contributed by atoms with E-state index in [9.17, 15) is 19.2 Å². The number of aromatic nitrogens is 1. The van der Waals surface area contributed by atoms with Crippen molar-refractivity contribution in [3.05, 3.63) is 107 Å². The van der Waals surface area contributed by atoms with Crippen LogP contribution in [0.25, 0.3) is 22.2 Å². The maximum atomic E-state index is 13.5. The summed E-state index contributed by atoms with van der Waals surface area (Å²) in [6.45, 7) is 5.45. The molecule has 7 rings (SSSR count). The first-order valence-electron chi connectivity index (χ1n) is 14.6. The number of aryl methyl sites for hydroxylation is 2. The van der Waals surface area contributed by atoms with E-state index < -0.39 is 12.1 Å². The fourth-order valence-electron chi connectivity index (χ4n) is 6.82. The molecule has 1 aliphatic heterocycles. The Kier molecular flexibility index (Phi) is 6.34. The molecule has 5 atom stereocenters. The van der Waals surface area contributed by atoms with Gasteiger partial charge in [0.25, 0.3) is 0 Å². The predicted molar refractivity (Wildman–Crippen MR) is 163 cm³/mol. The van der Waals surface area contributed by atoms with Crippen LogP contribution in [0.15, 0.2) is 84.9 Å². The molecule has 2 amide bonds. The van der Waals surface area contributed by atoms with Crippen molar-refractivity contribution < 1.29 is 23.9 Å². The van der Waals surface area contributed by atoms with Gasteiger partial charge in [-0.05, 0) is 69.4 Å². The topological polar surface area (TPSA) is 93.6 Å². The van der Waals surface area contributed by atoms with Gasteiger partial charge in [0, 0.05) is 16.5 Å². The summed E-state index contributed by atoms with van der Waals surface area (Å²) < 4.78 is 5.69. The van der Waals surface area contributed by atoms with Gasteiger partial charge in [0.15, 0.2) is 6.10 Å². The van der Waals surface area contributed by atoms with Gasteiger partial charge in [0.1, 0.15) is 0 Å². The van der Waals surface area contributed by atoms with Crippen molar-refractivity contribution in [1.82, 2.24) is 4.98 Å². The lowest BCUT2D eigenvalue weighted by molar-refractivity contribution is -0.123. The van der Waals surface area contributed by atoms with Crippen molar-refractivity contribution >= 4 is 40.2 Å². The molecular formula is C36H30N2O5. The molecule has 0 N–H and O–H groups in total. The second-order valence-electron chi connectivity index (χ2n) is 11.9. The maximum Gasteiger partial charge on any atom is 0.339 e. The molecule has 3 aromatic carbocycles. The number of hydrogen-bond donors (Lipinski definition) is 0. The third-order valence-electron chi connectivity index (χ3n) is 9.06. The van der Waals surface area contributed by atoms with Crippen LogP contribution >= 0.6 is 0 Å². The average molecular weight is 571 g/mol. The van der Waals surface area contributed by atoms with Gasteiger partial charge in [0.05, 0.1) is 34.3 Å². The quantitative estimate of drug-likeness (QED) is 0.118. The second kappa shape index (κ2) is 10.1. The molecule has 1 saturated carbocycles. The smallest absolute Gasteiger partial charge is 0.339 e. The van der Waals surface area contributed by atoms with Gasteiger partial charge < -0.3 is 4.74 Å². The molecular weight excluding hydrogens is 540 g/mol. The lowest BCUT2D eigenvalue weighted by atomic mass is 9.85. The summed E-state index contributed by atoms with van der Waals surface area (Å²) in [4.78, 5) is 59.1. The van der Waals surface area contributed by atoms with Crippen LogP contribution in [-0.2, 0) is 14.3 Å². The molecule has 5 unspecified atom stereocenters. The van der Waals surface area contributed by atoms with Crippen molar-refractivity contribution in [2.24, 2.45) is 23.7 Å². The highest BCUT2D eigenvalue weighted by Gasteiger charge is 2.59. The molecule has 4 aromatic rings. The number of fused-ring (bicyclic) bond motifs is 6. The number of Topliss-reactive ketones (excluding diaryl/α,β-unsaturated/α-hetero) is 1. The van der Waals surface area contributed by atoms with Gasteiger partial charge in [-0.25, -0.2) is 9.78 Å². The Morgan fingerprint density at radius 2 is 1.47 bits per heavy atom. The number of amides is 2. The number of nitrogens with zero attached hydrogens (tertiary/aromatic N) is 2. The summed E-state index contributed by atoms with van der Waals surface area (Å²) in [5.74, 6) is -1.38. The van der Waals surface area contributed by atoms with Crippen molar-refractivity contribution in [3.63, 3.8) is 0 Å². The summed E-state index contributed by atoms with van der Waals surface area (Å²) in [7, 11) is 0. The molecule has 2 aliphatic carbocycles. The minimum atomic E-state index is -0.980. The average Bonchev–Trinajstić information content (AvgIpc) is 3.70. The van der Waals surface area contributed by atoms with E-state index in [0.29, 0.717) is 39.0 Å². The molecule has 43 heavy (non-hydrogen) atoms. The van der Waals surface area contributed by atoms with Crippen LogP contribution in [0.4, 0.5) is 5.69 Å². The van der Waals surface area contributed by atoms with Crippen LogP contribution < -0.4 is 4.90 Å². The third-order valence-corrected chi connectivity index (χ3v) is 9.06. The lowest BCUT2D eigenvalue weighted by Gasteiger charge is -2.18. The zero-order valence-corrected chi connectivity index (χ0v) is 24.1. The van der Waals surface area contributed by atoms with Crippen molar-refractivity contribution in [2.75, 3.05) is 4.90 Å². The monoisotopic (exact) mass is 570 g/mol. The predicted octanol–water partition coefficient (Wildman–Crippen LogP) is 6.26. The molecule has 0 spiro atoms. The molecule has 7 nitrogen and oxygen atoms in total. The van der Waals surface area contributed by atoms with E-state index in [1.165, 1.54) is 4.90 Å². The van der Waals surface area contributed by atoms with E-state index in [4.69, 9.17) is 9.72 Å². The molecule has 2 fully saturated rings. The van der Waals surface area contributed by atoms with Gasteiger partial charge >= 0.3 is 5.97 Å². The Morgan fingerprint density at radius 3 is 2.12 bits per heavy atom. The van der Waals surface area contributed by atoms with Gasteiger partial charge in [0.2, 0.25) is 17.6 Å². The number of hydrogen-bond acceptors (Lipinski definition) is 6. The van der Waals surface area contributed by atoms with E-state index in [1.54, 1.807) is 49.4 Å². The van der Waals surface area contributed by atoms with E-state index in [2.05, 4.69) is 12.2 Å². The molecule has 0 radical (unpaired) electrons. The number of esters is 1. The number of allylic oxidation sites excluding steroid dienone is 2. The fourth-order valence-corrected chi connectivity index (χ4v) is 6.82. The minimum absolute atomic E-state index is 0.127. The molecule has 1 aromatic heterocycles. The Balaban J connectivity index is 1.18. The Bertz CT molecular complexity index is 1830. The number of ether oxygens (including phenoxy) is 1. The molecule has 1 saturated heterocycles. The van der Waals surface area contributed by atoms with Crippen LogP contribution in [-0.4, -0.2) is 34.7 Å². The first-order chi connectivity index (χ1) is 20.7. The van der Waals surface area contributed by atoms with Gasteiger partial charge in [-0.3, -0.25) is 19.3 Å². The molecule has 214 valence electrons. The molecule has 3 aliphatic rings. The van der Waals surface area contributed by atoms with Crippen LogP contribution in [0.1, 0.15) is 45.2 Å². The standard InChI is InChI=1S/C36H30N2O5/c1-19-4-7-23(8-5-19)33(39)21(3)43-36(42)28-18-30(37-29-15-6-20(2)16-27(28)29)22-11-13-26(14-12-22)38-34(40)31-24-9-10-25(17-24)32(31)35(38)41/h4-16,18,21,24-25,31-32H,17H2,1-3H3. The van der Waals surface area contributed by atoms with Crippen LogP contribution in [0.3, 0.4) is 0 Å². The normalized spacial score (nSPS) is 22.7. The number of rotatable bonds is 6. The van der Waals surface area contributed by atoms with Gasteiger partial charge in [-0.15, -0.1) is 0 Å². The number of carbonyl (C=O) groups is 4. The highest BCUT2D eigenvalue weighted by molar-refractivity contribution is 6.23. The van der Waals surface area contributed by atoms with Gasteiger partial charge in [-0.1, -0.05) is 65.7 Å². The first kappa shape index (κ1) is 27.0. The number of ketones is 1. The van der Waals surface area contributed by atoms with Crippen molar-refractivity contribution in [1.29, 1.82) is 0 Å². The minimum Gasteiger partial charge on any atom is -0.451 e. The van der Waals surface area contributed by atoms with E-state index in [0.717, 1.165) is 17.5 Å². The van der Waals surface area contributed by atoms with E-state index >= 15 is 0 Å². The second-order valence-corrected chi connectivity index (χ2v) is 11.9. The number of pyridine rings is 1. The Morgan fingerprint density at radius 1 is 0.837 bits per heavy atom. The number of anilines is 1. The highest BCUT2D eigenvalue weighted by Crippen LogP contribution is 2.53. The highest BCUT2D eigenvalue weighted by atomic mass is 16.5. The van der Waals surface area contributed by atoms with Gasteiger partial charge in [-0.2, -0.15) is 0 Å². The van der Waals surface area contributed by atoms with Crippen molar-refractivity contribution in [2.45, 2.75) is 33.3 Å². The lowest BCUT2D eigenvalue weighted by Crippen LogP contribution is -2.32. The first-order valence-corrected chi connectivity index (χ1v) is 14.6. The zero-order chi connectivity index (χ0) is 30.0. The summed E-state index contributed by atoms with van der Waals surface area (Å²) >= 11 is 0. The SMILES string of the molecule is Cc1ccc(C(=O)C(C)OC(=O)c2cc(-c3ccc(N4C(=O)C5C6C=CC(C6)C5C4=O)cc3)nc3ccc(C)cc23)cc1. The Labute approximate surface area is 249 Å². The van der Waals surface area contributed by atoms with Crippen molar-refractivity contribution in [3.8, 4) is 11.3 Å². The summed E-state index contributed by atoms with van der Waals surface area (Å²) in [6.07, 6.45) is 4.07. The Hall–Kier alpha value is -4.91. The molecule has 2 heterocycles. The zero-order valence-electron chi connectivity index (χ0n) is 24.1. The summed E-state index contributed by atoms with van der Waals surface area (Å²) in [6, 6.07) is 21.6. The van der Waals surface area contributed by atoms with Crippen LogP contribution in [0.5, 0.6) is 0 Å². The summed E-state index contributed by atoms with van der Waals surface area (Å²) in [5.41, 5.74) is 5.16. The summed E-state index contributed by atoms with van der Waals surface area (Å²) in [5, 5.41) is 0.628.